The SMILES string of the molecule is O=C1C[C@]2(CCN=N2)C(=O)N1c1ccccc1. The lowest BCUT2D eigenvalue weighted by Gasteiger charge is -2.17. The summed E-state index contributed by atoms with van der Waals surface area (Å²) in [5.41, 5.74) is -0.297. The summed E-state index contributed by atoms with van der Waals surface area (Å²) in [6.45, 7) is 0.529. The van der Waals surface area contributed by atoms with Crippen LogP contribution in [-0.2, 0) is 9.59 Å². The van der Waals surface area contributed by atoms with E-state index in [4.69, 9.17) is 0 Å². The molecule has 5 heteroatoms. The summed E-state index contributed by atoms with van der Waals surface area (Å²) in [7, 11) is 0. The van der Waals surface area contributed by atoms with Gasteiger partial charge in [-0.2, -0.15) is 10.2 Å². The number of carbonyl (C=O) groups excluding carboxylic acids is 2. The van der Waals surface area contributed by atoms with E-state index in [1.54, 1.807) is 24.3 Å². The maximum absolute atomic E-state index is 12.3. The van der Waals surface area contributed by atoms with Crippen molar-refractivity contribution in [2.45, 2.75) is 18.4 Å². The predicted octanol–water partition coefficient (Wildman–Crippen LogP) is 1.54. The Morgan fingerprint density at radius 3 is 2.59 bits per heavy atom. The Kier molecular flexibility index (Phi) is 2.07. The van der Waals surface area contributed by atoms with Gasteiger partial charge in [-0.05, 0) is 12.1 Å². The van der Waals surface area contributed by atoms with E-state index >= 15 is 0 Å². The highest BCUT2D eigenvalue weighted by Crippen LogP contribution is 2.37. The number of benzene rings is 1. The van der Waals surface area contributed by atoms with Gasteiger partial charge >= 0.3 is 0 Å². The van der Waals surface area contributed by atoms with Crippen LogP contribution in [0, 0.1) is 0 Å². The van der Waals surface area contributed by atoms with E-state index in [0.29, 0.717) is 18.7 Å². The van der Waals surface area contributed by atoms with Crippen molar-refractivity contribution in [3.05, 3.63) is 30.3 Å². The third-order valence-electron chi connectivity index (χ3n) is 3.20. The van der Waals surface area contributed by atoms with Crippen molar-refractivity contribution in [2.24, 2.45) is 10.2 Å². The molecule has 2 aliphatic heterocycles. The number of hydrogen-bond donors (Lipinski definition) is 0. The average molecular weight is 229 g/mol. The van der Waals surface area contributed by atoms with Crippen LogP contribution in [0.15, 0.2) is 40.6 Å². The lowest BCUT2D eigenvalue weighted by molar-refractivity contribution is -0.122. The molecule has 3 rings (SSSR count). The zero-order valence-corrected chi connectivity index (χ0v) is 9.17. The van der Waals surface area contributed by atoms with Gasteiger partial charge < -0.3 is 0 Å². The Balaban J connectivity index is 2.00. The van der Waals surface area contributed by atoms with Crippen LogP contribution >= 0.6 is 0 Å². The summed E-state index contributed by atoms with van der Waals surface area (Å²) >= 11 is 0. The van der Waals surface area contributed by atoms with Crippen molar-refractivity contribution >= 4 is 17.5 Å². The molecule has 0 bridgehead atoms. The molecule has 1 saturated heterocycles. The minimum Gasteiger partial charge on any atom is -0.274 e. The first kappa shape index (κ1) is 10.1. The van der Waals surface area contributed by atoms with Gasteiger partial charge in [-0.15, -0.1) is 0 Å². The maximum atomic E-state index is 12.3. The van der Waals surface area contributed by atoms with Gasteiger partial charge in [-0.1, -0.05) is 18.2 Å². The smallest absolute Gasteiger partial charge is 0.264 e. The normalized spacial score (nSPS) is 27.4. The zero-order valence-electron chi connectivity index (χ0n) is 9.17. The van der Waals surface area contributed by atoms with Crippen molar-refractivity contribution in [1.82, 2.24) is 0 Å². The molecule has 0 saturated carbocycles. The van der Waals surface area contributed by atoms with Gasteiger partial charge in [0.1, 0.15) is 0 Å². The third-order valence-corrected chi connectivity index (χ3v) is 3.20. The third kappa shape index (κ3) is 1.39. The van der Waals surface area contributed by atoms with Crippen molar-refractivity contribution in [3.8, 4) is 0 Å². The standard InChI is InChI=1S/C12H11N3O2/c16-10-8-12(6-7-13-14-12)11(17)15(10)9-4-2-1-3-5-9/h1-5H,6-8H2/t12-/m1/s1. The number of para-hydroxylation sites is 1. The summed E-state index contributed by atoms with van der Waals surface area (Å²) in [4.78, 5) is 25.5. The first-order valence-corrected chi connectivity index (χ1v) is 5.54. The molecule has 86 valence electrons. The summed E-state index contributed by atoms with van der Waals surface area (Å²) in [5.74, 6) is -0.433. The van der Waals surface area contributed by atoms with Crippen LogP contribution in [-0.4, -0.2) is 23.9 Å². The summed E-state index contributed by atoms with van der Waals surface area (Å²) in [5, 5.41) is 7.84. The van der Waals surface area contributed by atoms with Crippen molar-refractivity contribution < 1.29 is 9.59 Å². The Hall–Kier alpha value is -2.04. The monoisotopic (exact) mass is 229 g/mol. The molecule has 1 fully saturated rings. The summed E-state index contributed by atoms with van der Waals surface area (Å²) < 4.78 is 0. The van der Waals surface area contributed by atoms with Gasteiger partial charge in [0.05, 0.1) is 18.7 Å². The van der Waals surface area contributed by atoms with Crippen LogP contribution in [0.2, 0.25) is 0 Å². The van der Waals surface area contributed by atoms with Gasteiger partial charge in [0.15, 0.2) is 5.54 Å². The number of anilines is 1. The molecule has 0 N–H and O–H groups in total. The van der Waals surface area contributed by atoms with Gasteiger partial charge in [0, 0.05) is 6.42 Å². The highest BCUT2D eigenvalue weighted by Gasteiger charge is 2.54. The van der Waals surface area contributed by atoms with E-state index in [9.17, 15) is 9.59 Å². The van der Waals surface area contributed by atoms with Crippen LogP contribution in [0.4, 0.5) is 5.69 Å². The minimum atomic E-state index is -0.910. The van der Waals surface area contributed by atoms with Crippen molar-refractivity contribution in [3.63, 3.8) is 0 Å². The molecule has 0 aromatic heterocycles. The molecule has 2 amide bonds. The molecular formula is C12H11N3O2. The molecule has 1 spiro atoms. The average Bonchev–Trinajstić information content (AvgIpc) is 2.88. The fourth-order valence-electron chi connectivity index (χ4n) is 2.31. The molecular weight excluding hydrogens is 218 g/mol. The lowest BCUT2D eigenvalue weighted by Crippen LogP contribution is -2.38. The molecule has 1 atom stereocenters. The zero-order chi connectivity index (χ0) is 11.9. The fourth-order valence-corrected chi connectivity index (χ4v) is 2.31. The van der Waals surface area contributed by atoms with Crippen LogP contribution in [0.1, 0.15) is 12.8 Å². The topological polar surface area (TPSA) is 62.1 Å². The summed E-state index contributed by atoms with van der Waals surface area (Å²) in [6, 6.07) is 8.95. The number of carbonyl (C=O) groups is 2. The van der Waals surface area contributed by atoms with E-state index in [-0.39, 0.29) is 18.2 Å². The fraction of sp³-hybridized carbons (Fsp3) is 0.333. The quantitative estimate of drug-likeness (QED) is 0.686. The van der Waals surface area contributed by atoms with Crippen molar-refractivity contribution in [2.75, 3.05) is 11.4 Å². The van der Waals surface area contributed by atoms with Gasteiger partial charge in [0.25, 0.3) is 5.91 Å². The molecule has 0 radical (unpaired) electrons. The molecule has 1 aromatic rings. The highest BCUT2D eigenvalue weighted by molar-refractivity contribution is 6.24. The Bertz CT molecular complexity index is 512. The number of azo groups is 1. The Morgan fingerprint density at radius 1 is 1.18 bits per heavy atom. The molecule has 2 aliphatic rings. The van der Waals surface area contributed by atoms with Gasteiger partial charge in [0.2, 0.25) is 5.91 Å². The molecule has 1 aromatic carbocycles. The van der Waals surface area contributed by atoms with Crippen LogP contribution in [0.3, 0.4) is 0 Å². The minimum absolute atomic E-state index is 0.143. The Morgan fingerprint density at radius 2 is 1.94 bits per heavy atom. The second-order valence-corrected chi connectivity index (χ2v) is 4.29. The highest BCUT2D eigenvalue weighted by atomic mass is 16.2. The van der Waals surface area contributed by atoms with E-state index in [0.717, 1.165) is 0 Å². The largest absolute Gasteiger partial charge is 0.274 e. The number of nitrogens with zero attached hydrogens (tertiary/aromatic N) is 3. The van der Waals surface area contributed by atoms with E-state index in [1.165, 1.54) is 4.90 Å². The molecule has 0 unspecified atom stereocenters. The van der Waals surface area contributed by atoms with Crippen LogP contribution in [0.25, 0.3) is 0 Å². The van der Waals surface area contributed by atoms with Crippen LogP contribution in [0.5, 0.6) is 0 Å². The second kappa shape index (κ2) is 3.48. The Labute approximate surface area is 98.1 Å². The predicted molar refractivity (Wildman–Crippen MR) is 60.6 cm³/mol. The second-order valence-electron chi connectivity index (χ2n) is 4.29. The first-order chi connectivity index (χ1) is 8.23. The van der Waals surface area contributed by atoms with E-state index < -0.39 is 5.54 Å². The molecule has 0 aliphatic carbocycles. The molecule has 5 nitrogen and oxygen atoms in total. The van der Waals surface area contributed by atoms with E-state index in [1.807, 2.05) is 6.07 Å². The molecule has 2 heterocycles. The molecule has 17 heavy (non-hydrogen) atoms. The summed E-state index contributed by atoms with van der Waals surface area (Å²) in [6.07, 6.45) is 0.686. The maximum Gasteiger partial charge on any atom is 0.264 e. The lowest BCUT2D eigenvalue weighted by atomic mass is 9.96. The first-order valence-electron chi connectivity index (χ1n) is 5.54. The number of hydrogen-bond acceptors (Lipinski definition) is 4. The van der Waals surface area contributed by atoms with Crippen molar-refractivity contribution in [1.29, 1.82) is 0 Å². The number of imide groups is 1. The number of rotatable bonds is 1. The van der Waals surface area contributed by atoms with Gasteiger partial charge in [-0.3, -0.25) is 9.59 Å². The van der Waals surface area contributed by atoms with Gasteiger partial charge in [-0.25, -0.2) is 4.90 Å². The van der Waals surface area contributed by atoms with Crippen LogP contribution < -0.4 is 4.90 Å². The van der Waals surface area contributed by atoms with E-state index in [2.05, 4.69) is 10.2 Å². The number of amides is 2.